The highest BCUT2D eigenvalue weighted by Crippen LogP contribution is 2.33. The van der Waals surface area contributed by atoms with E-state index in [1.165, 1.54) is 28.4 Å². The maximum absolute atomic E-state index is 12.7. The molecule has 0 bridgehead atoms. The molecule has 0 radical (unpaired) electrons. The predicted molar refractivity (Wildman–Crippen MR) is 108 cm³/mol. The largest absolute Gasteiger partial charge is 0.451 e. The van der Waals surface area contributed by atoms with Crippen LogP contribution in [0.2, 0.25) is 0 Å². The molecule has 30 heavy (non-hydrogen) atoms. The summed E-state index contributed by atoms with van der Waals surface area (Å²) in [6.45, 7) is 1.61. The van der Waals surface area contributed by atoms with Crippen LogP contribution in [-0.4, -0.2) is 35.4 Å². The minimum atomic E-state index is -4.42. The van der Waals surface area contributed by atoms with E-state index < -0.39 is 24.3 Å². The maximum atomic E-state index is 12.7. The molecule has 2 heterocycles. The highest BCUT2D eigenvalue weighted by Gasteiger charge is 2.30. The summed E-state index contributed by atoms with van der Waals surface area (Å²) in [4.78, 5) is 30.5. The molecular weight excluding hydrogens is 437 g/mol. The first-order valence-corrected chi connectivity index (χ1v) is 10.5. The Hall–Kier alpha value is -2.72. The van der Waals surface area contributed by atoms with Crippen LogP contribution in [0.4, 0.5) is 13.2 Å². The van der Waals surface area contributed by atoms with Crippen LogP contribution in [0, 0.1) is 6.92 Å². The van der Waals surface area contributed by atoms with Crippen molar-refractivity contribution in [2.24, 2.45) is 0 Å². The Morgan fingerprint density at radius 3 is 2.47 bits per heavy atom. The van der Waals surface area contributed by atoms with Crippen molar-refractivity contribution >= 4 is 34.6 Å². The molecule has 158 valence electrons. The van der Waals surface area contributed by atoms with Gasteiger partial charge in [0.2, 0.25) is 0 Å². The number of thiophene rings is 1. The highest BCUT2D eigenvalue weighted by atomic mass is 32.1. The van der Waals surface area contributed by atoms with Crippen molar-refractivity contribution in [3.05, 3.63) is 62.8 Å². The van der Waals surface area contributed by atoms with Gasteiger partial charge in [0, 0.05) is 19.2 Å². The first-order chi connectivity index (χ1) is 14.1. The fourth-order valence-corrected chi connectivity index (χ4v) is 4.18. The first kappa shape index (κ1) is 22.0. The highest BCUT2D eigenvalue weighted by molar-refractivity contribution is 7.17. The van der Waals surface area contributed by atoms with Crippen LogP contribution in [0.1, 0.15) is 26.5 Å². The maximum Gasteiger partial charge on any atom is 0.416 e. The molecule has 0 saturated heterocycles. The number of rotatable bonds is 6. The molecule has 0 aliphatic carbocycles. The Labute approximate surface area is 178 Å². The minimum absolute atomic E-state index is 0.207. The SMILES string of the molecule is Cc1nc(-c2ccc(C(F)(F)F)cc2)sc1C(=O)OCC(=O)N(C)Cc1ccsc1. The average Bonchev–Trinajstić information content (AvgIpc) is 3.34. The summed E-state index contributed by atoms with van der Waals surface area (Å²) in [5.74, 6) is -1.04. The minimum Gasteiger partial charge on any atom is -0.451 e. The summed E-state index contributed by atoms with van der Waals surface area (Å²) in [7, 11) is 1.62. The molecule has 1 amide bonds. The Bertz CT molecular complexity index is 1030. The zero-order valence-corrected chi connectivity index (χ0v) is 17.7. The quantitative estimate of drug-likeness (QED) is 0.491. The smallest absolute Gasteiger partial charge is 0.416 e. The molecule has 2 aromatic heterocycles. The monoisotopic (exact) mass is 454 g/mol. The van der Waals surface area contributed by atoms with Crippen LogP contribution < -0.4 is 0 Å². The second kappa shape index (κ2) is 8.97. The molecule has 10 heteroatoms. The zero-order valence-electron chi connectivity index (χ0n) is 16.0. The summed E-state index contributed by atoms with van der Waals surface area (Å²) in [6, 6.07) is 6.44. The van der Waals surface area contributed by atoms with E-state index in [2.05, 4.69) is 4.98 Å². The summed E-state index contributed by atoms with van der Waals surface area (Å²) in [5.41, 5.74) is 1.08. The molecule has 1 aromatic carbocycles. The van der Waals surface area contributed by atoms with E-state index >= 15 is 0 Å². The van der Waals surface area contributed by atoms with Crippen molar-refractivity contribution in [1.82, 2.24) is 9.88 Å². The van der Waals surface area contributed by atoms with Crippen molar-refractivity contribution in [2.75, 3.05) is 13.7 Å². The number of ether oxygens (including phenoxy) is 1. The molecule has 0 fully saturated rings. The van der Waals surface area contributed by atoms with Crippen LogP contribution in [0.5, 0.6) is 0 Å². The third-order valence-electron chi connectivity index (χ3n) is 4.19. The fourth-order valence-electron chi connectivity index (χ4n) is 2.56. The van der Waals surface area contributed by atoms with E-state index in [9.17, 15) is 22.8 Å². The molecule has 0 saturated carbocycles. The number of nitrogens with zero attached hydrogens (tertiary/aromatic N) is 2. The number of hydrogen-bond donors (Lipinski definition) is 0. The van der Waals surface area contributed by atoms with Crippen molar-refractivity contribution in [3.63, 3.8) is 0 Å². The number of carbonyl (C=O) groups excluding carboxylic acids is 2. The van der Waals surface area contributed by atoms with Crippen molar-refractivity contribution < 1.29 is 27.5 Å². The van der Waals surface area contributed by atoms with Crippen molar-refractivity contribution in [2.45, 2.75) is 19.6 Å². The van der Waals surface area contributed by atoms with Crippen LogP contribution in [0.25, 0.3) is 10.6 Å². The number of likely N-dealkylation sites (N-methyl/N-ethyl adjacent to an activating group) is 1. The van der Waals surface area contributed by atoms with Gasteiger partial charge in [0.05, 0.1) is 11.3 Å². The number of benzene rings is 1. The first-order valence-electron chi connectivity index (χ1n) is 8.72. The molecule has 3 rings (SSSR count). The van der Waals surface area contributed by atoms with Crippen LogP contribution >= 0.6 is 22.7 Å². The van der Waals surface area contributed by atoms with E-state index in [1.807, 2.05) is 16.8 Å². The lowest BCUT2D eigenvalue weighted by Crippen LogP contribution is -2.30. The Kier molecular flexibility index (Phi) is 6.57. The lowest BCUT2D eigenvalue weighted by Gasteiger charge is -2.16. The van der Waals surface area contributed by atoms with Gasteiger partial charge in [-0.2, -0.15) is 24.5 Å². The Morgan fingerprint density at radius 1 is 1.17 bits per heavy atom. The number of aryl methyl sites for hydroxylation is 1. The number of thiazole rings is 1. The van der Waals surface area contributed by atoms with Crippen molar-refractivity contribution in [3.8, 4) is 10.6 Å². The van der Waals surface area contributed by atoms with Gasteiger partial charge in [-0.15, -0.1) is 11.3 Å². The summed E-state index contributed by atoms with van der Waals surface area (Å²) < 4.78 is 43.2. The Morgan fingerprint density at radius 2 is 1.87 bits per heavy atom. The lowest BCUT2D eigenvalue weighted by molar-refractivity contribution is -0.137. The van der Waals surface area contributed by atoms with E-state index in [4.69, 9.17) is 4.74 Å². The molecule has 5 nitrogen and oxygen atoms in total. The van der Waals surface area contributed by atoms with Crippen molar-refractivity contribution in [1.29, 1.82) is 0 Å². The van der Waals surface area contributed by atoms with E-state index in [0.29, 0.717) is 22.8 Å². The zero-order chi connectivity index (χ0) is 21.9. The summed E-state index contributed by atoms with van der Waals surface area (Å²) >= 11 is 2.54. The third kappa shape index (κ3) is 5.25. The molecule has 0 aliphatic heterocycles. The van der Waals surface area contributed by atoms with E-state index in [-0.39, 0.29) is 10.8 Å². The number of hydrogen-bond acceptors (Lipinski definition) is 6. The van der Waals surface area contributed by atoms with Gasteiger partial charge in [0.15, 0.2) is 6.61 Å². The van der Waals surface area contributed by atoms with Gasteiger partial charge in [0.1, 0.15) is 9.88 Å². The number of carbonyl (C=O) groups is 2. The summed E-state index contributed by atoms with van der Waals surface area (Å²) in [6.07, 6.45) is -4.42. The van der Waals surface area contributed by atoms with Gasteiger partial charge in [-0.25, -0.2) is 9.78 Å². The normalized spacial score (nSPS) is 11.4. The number of halogens is 3. The van der Waals surface area contributed by atoms with Crippen LogP contribution in [0.3, 0.4) is 0 Å². The third-order valence-corrected chi connectivity index (χ3v) is 6.11. The fraction of sp³-hybridized carbons (Fsp3) is 0.250. The van der Waals surface area contributed by atoms with Gasteiger partial charge in [-0.3, -0.25) is 4.79 Å². The van der Waals surface area contributed by atoms with Crippen LogP contribution in [0.15, 0.2) is 41.1 Å². The number of amides is 1. The number of aromatic nitrogens is 1. The van der Waals surface area contributed by atoms with E-state index in [0.717, 1.165) is 29.0 Å². The standard InChI is InChI=1S/C20H17F3N2O3S2/c1-12-17(19(27)28-10-16(26)25(2)9-13-7-8-29-11-13)30-18(24-12)14-3-5-15(6-4-14)20(21,22)23/h3-8,11H,9-10H2,1-2H3. The second-order valence-corrected chi connectivity index (χ2v) is 8.25. The van der Waals surface area contributed by atoms with Gasteiger partial charge < -0.3 is 9.64 Å². The molecule has 0 spiro atoms. The number of alkyl halides is 3. The molecule has 3 aromatic rings. The molecule has 0 aliphatic rings. The lowest BCUT2D eigenvalue weighted by atomic mass is 10.1. The molecule has 0 atom stereocenters. The molecular formula is C20H17F3N2O3S2. The topological polar surface area (TPSA) is 59.5 Å². The predicted octanol–water partition coefficient (Wildman–Crippen LogP) is 5.01. The summed E-state index contributed by atoms with van der Waals surface area (Å²) in [5, 5.41) is 4.24. The second-order valence-electron chi connectivity index (χ2n) is 6.47. The van der Waals surface area contributed by atoms with E-state index in [1.54, 1.807) is 14.0 Å². The van der Waals surface area contributed by atoms with Gasteiger partial charge >= 0.3 is 12.1 Å². The number of esters is 1. The molecule has 0 unspecified atom stereocenters. The molecule has 0 N–H and O–H groups in total. The average molecular weight is 454 g/mol. The van der Waals surface area contributed by atoms with Gasteiger partial charge in [0.25, 0.3) is 5.91 Å². The van der Waals surface area contributed by atoms with Gasteiger partial charge in [-0.1, -0.05) is 12.1 Å². The van der Waals surface area contributed by atoms with Crippen LogP contribution in [-0.2, 0) is 22.3 Å². The van der Waals surface area contributed by atoms with Gasteiger partial charge in [-0.05, 0) is 41.4 Å². The Balaban J connectivity index is 1.63.